The number of carbonyl (C=O) groups is 2. The fourth-order valence-electron chi connectivity index (χ4n) is 2.99. The van der Waals surface area contributed by atoms with Crippen molar-refractivity contribution < 1.29 is 14.3 Å². The van der Waals surface area contributed by atoms with Crippen molar-refractivity contribution in [2.45, 2.75) is 32.4 Å². The van der Waals surface area contributed by atoms with Crippen LogP contribution in [0, 0.1) is 0 Å². The van der Waals surface area contributed by atoms with Crippen molar-refractivity contribution in [3.05, 3.63) is 65.7 Å². The summed E-state index contributed by atoms with van der Waals surface area (Å²) in [4.78, 5) is 25.7. The second kappa shape index (κ2) is 6.65. The van der Waals surface area contributed by atoms with Crippen LogP contribution in [0.2, 0.25) is 0 Å². The van der Waals surface area contributed by atoms with Crippen LogP contribution < -0.4 is 4.90 Å². The van der Waals surface area contributed by atoms with Crippen LogP contribution in [0.15, 0.2) is 54.6 Å². The minimum absolute atomic E-state index is 0.0728. The zero-order valence-corrected chi connectivity index (χ0v) is 13.1. The number of anilines is 1. The number of rotatable bonds is 4. The Hall–Kier alpha value is -2.62. The van der Waals surface area contributed by atoms with Gasteiger partial charge < -0.3 is 4.74 Å². The van der Waals surface area contributed by atoms with Crippen molar-refractivity contribution in [2.75, 3.05) is 4.90 Å². The summed E-state index contributed by atoms with van der Waals surface area (Å²) in [6, 6.07) is 17.1. The van der Waals surface area contributed by atoms with Crippen LogP contribution >= 0.6 is 0 Å². The maximum atomic E-state index is 12.6. The molecule has 2 aromatic carbocycles. The van der Waals surface area contributed by atoms with Gasteiger partial charge in [-0.15, -0.1) is 0 Å². The molecule has 0 fully saturated rings. The van der Waals surface area contributed by atoms with E-state index in [4.69, 9.17) is 4.74 Å². The minimum Gasteiger partial charge on any atom is -0.444 e. The van der Waals surface area contributed by atoms with Crippen LogP contribution in [-0.2, 0) is 22.6 Å². The summed E-state index contributed by atoms with van der Waals surface area (Å²) in [5, 5.41) is 0. The molecule has 1 atom stereocenters. The van der Waals surface area contributed by atoms with Crippen molar-refractivity contribution in [3.63, 3.8) is 0 Å². The van der Waals surface area contributed by atoms with Crippen molar-refractivity contribution in [3.8, 4) is 0 Å². The van der Waals surface area contributed by atoms with E-state index in [9.17, 15) is 9.59 Å². The van der Waals surface area contributed by atoms with Gasteiger partial charge in [-0.2, -0.15) is 0 Å². The Bertz CT molecular complexity index is 712. The summed E-state index contributed by atoms with van der Waals surface area (Å²) in [5.74, 6) is 0.0728. The third-order valence-electron chi connectivity index (χ3n) is 4.00. The number of Topliss-reactive ketones (excluding diaryl/α,β-unsaturated/α-hetero) is 1. The SMILES string of the molecule is CC(=O)C[C@H]1Cc2ccccc2N1C(=O)OCc1ccccc1. The molecule has 4 heteroatoms. The quantitative estimate of drug-likeness (QED) is 0.864. The van der Waals surface area contributed by atoms with Gasteiger partial charge in [-0.05, 0) is 30.5 Å². The summed E-state index contributed by atoms with van der Waals surface area (Å²) < 4.78 is 5.46. The van der Waals surface area contributed by atoms with Crippen molar-refractivity contribution in [1.82, 2.24) is 0 Å². The number of ketones is 1. The van der Waals surface area contributed by atoms with Gasteiger partial charge in [-0.25, -0.2) is 4.79 Å². The zero-order chi connectivity index (χ0) is 16.2. The van der Waals surface area contributed by atoms with Crippen molar-refractivity contribution >= 4 is 17.6 Å². The lowest BCUT2D eigenvalue weighted by Crippen LogP contribution is -2.39. The molecule has 0 unspecified atom stereocenters. The van der Waals surface area contributed by atoms with E-state index < -0.39 is 6.09 Å². The van der Waals surface area contributed by atoms with E-state index in [1.165, 1.54) is 0 Å². The Morgan fingerprint density at radius 2 is 1.78 bits per heavy atom. The summed E-state index contributed by atoms with van der Waals surface area (Å²) in [6.07, 6.45) is 0.635. The number of hydrogen-bond donors (Lipinski definition) is 0. The van der Waals surface area contributed by atoms with E-state index in [0.717, 1.165) is 16.8 Å². The molecule has 1 aliphatic rings. The van der Waals surface area contributed by atoms with Gasteiger partial charge in [0.15, 0.2) is 0 Å². The first-order valence-electron chi connectivity index (χ1n) is 7.72. The number of para-hydroxylation sites is 1. The maximum Gasteiger partial charge on any atom is 0.414 e. The van der Waals surface area contributed by atoms with Crippen molar-refractivity contribution in [2.24, 2.45) is 0 Å². The van der Waals surface area contributed by atoms with Crippen LogP contribution in [0.25, 0.3) is 0 Å². The third kappa shape index (κ3) is 3.42. The number of ether oxygens (including phenoxy) is 1. The predicted octanol–water partition coefficient (Wildman–Crippen LogP) is 3.73. The van der Waals surface area contributed by atoms with Gasteiger partial charge in [-0.3, -0.25) is 9.69 Å². The highest BCUT2D eigenvalue weighted by molar-refractivity contribution is 5.92. The first kappa shape index (κ1) is 15.3. The average molecular weight is 309 g/mol. The second-order valence-electron chi connectivity index (χ2n) is 5.80. The highest BCUT2D eigenvalue weighted by Gasteiger charge is 2.35. The summed E-state index contributed by atoms with van der Waals surface area (Å²) in [5.41, 5.74) is 2.86. The first-order chi connectivity index (χ1) is 11.1. The van der Waals surface area contributed by atoms with Crippen LogP contribution in [0.3, 0.4) is 0 Å². The molecule has 1 heterocycles. The number of hydrogen-bond acceptors (Lipinski definition) is 3. The summed E-state index contributed by atoms with van der Waals surface area (Å²) in [7, 11) is 0. The lowest BCUT2D eigenvalue weighted by atomic mass is 10.1. The molecule has 0 saturated carbocycles. The van der Waals surface area contributed by atoms with Gasteiger partial charge in [-0.1, -0.05) is 48.5 Å². The van der Waals surface area contributed by atoms with Crippen LogP contribution in [0.5, 0.6) is 0 Å². The maximum absolute atomic E-state index is 12.6. The smallest absolute Gasteiger partial charge is 0.414 e. The fourth-order valence-corrected chi connectivity index (χ4v) is 2.99. The minimum atomic E-state index is -0.398. The van der Waals surface area contributed by atoms with E-state index in [2.05, 4.69) is 0 Å². The molecule has 0 saturated heterocycles. The van der Waals surface area contributed by atoms with Gasteiger partial charge >= 0.3 is 6.09 Å². The number of nitrogens with zero attached hydrogens (tertiary/aromatic N) is 1. The molecule has 4 nitrogen and oxygen atoms in total. The summed E-state index contributed by atoms with van der Waals surface area (Å²) >= 11 is 0. The van der Waals surface area contributed by atoms with Gasteiger partial charge in [0.25, 0.3) is 0 Å². The van der Waals surface area contributed by atoms with E-state index in [-0.39, 0.29) is 18.4 Å². The Morgan fingerprint density at radius 3 is 2.52 bits per heavy atom. The molecule has 3 rings (SSSR count). The molecule has 1 aliphatic heterocycles. The van der Waals surface area contributed by atoms with Crippen LogP contribution in [-0.4, -0.2) is 17.9 Å². The second-order valence-corrected chi connectivity index (χ2v) is 5.80. The molecule has 118 valence electrons. The molecular formula is C19H19NO3. The van der Waals surface area contributed by atoms with E-state index in [1.54, 1.807) is 11.8 Å². The molecule has 1 amide bonds. The fraction of sp³-hybridized carbons (Fsp3) is 0.263. The van der Waals surface area contributed by atoms with Crippen LogP contribution in [0.1, 0.15) is 24.5 Å². The number of fused-ring (bicyclic) bond motifs is 1. The Balaban J connectivity index is 1.76. The largest absolute Gasteiger partial charge is 0.444 e. The third-order valence-corrected chi connectivity index (χ3v) is 4.00. The molecule has 0 radical (unpaired) electrons. The number of benzene rings is 2. The molecule has 0 N–H and O–H groups in total. The molecular weight excluding hydrogens is 290 g/mol. The average Bonchev–Trinajstić information content (AvgIpc) is 2.90. The Morgan fingerprint density at radius 1 is 1.09 bits per heavy atom. The Labute approximate surface area is 135 Å². The molecule has 2 aromatic rings. The van der Waals surface area contributed by atoms with E-state index >= 15 is 0 Å². The highest BCUT2D eigenvalue weighted by atomic mass is 16.6. The first-order valence-corrected chi connectivity index (χ1v) is 7.72. The number of amides is 1. The van der Waals surface area contributed by atoms with E-state index in [0.29, 0.717) is 12.8 Å². The van der Waals surface area contributed by atoms with Crippen molar-refractivity contribution in [1.29, 1.82) is 0 Å². The molecule has 0 spiro atoms. The topological polar surface area (TPSA) is 46.6 Å². The lowest BCUT2D eigenvalue weighted by Gasteiger charge is -2.24. The van der Waals surface area contributed by atoms with Gasteiger partial charge in [0.2, 0.25) is 0 Å². The van der Waals surface area contributed by atoms with Gasteiger partial charge in [0.05, 0.1) is 11.7 Å². The zero-order valence-electron chi connectivity index (χ0n) is 13.1. The molecule has 0 aromatic heterocycles. The Kier molecular flexibility index (Phi) is 4.42. The molecule has 0 bridgehead atoms. The van der Waals surface area contributed by atoms with Crippen LogP contribution in [0.4, 0.5) is 10.5 Å². The monoisotopic (exact) mass is 309 g/mol. The molecule has 0 aliphatic carbocycles. The normalized spacial score (nSPS) is 16.0. The highest BCUT2D eigenvalue weighted by Crippen LogP contribution is 2.34. The van der Waals surface area contributed by atoms with E-state index in [1.807, 2.05) is 54.6 Å². The number of carbonyl (C=O) groups excluding carboxylic acids is 2. The van der Waals surface area contributed by atoms with Gasteiger partial charge in [0, 0.05) is 6.42 Å². The standard InChI is InChI=1S/C19H19NO3/c1-14(21)11-17-12-16-9-5-6-10-18(16)20(17)19(22)23-13-15-7-3-2-4-8-15/h2-10,17H,11-13H2,1H3/t17-/m0/s1. The summed E-state index contributed by atoms with van der Waals surface area (Å²) in [6.45, 7) is 1.78. The predicted molar refractivity (Wildman–Crippen MR) is 88.3 cm³/mol. The lowest BCUT2D eigenvalue weighted by molar-refractivity contribution is -0.117. The van der Waals surface area contributed by atoms with Gasteiger partial charge in [0.1, 0.15) is 12.4 Å². The molecule has 23 heavy (non-hydrogen) atoms.